The Kier molecular flexibility index (Phi) is 7.54. The molecule has 154 valence electrons. The van der Waals surface area contributed by atoms with Crippen molar-refractivity contribution < 1.29 is 9.72 Å². The summed E-state index contributed by atoms with van der Waals surface area (Å²) < 4.78 is 0.975. The molecule has 0 N–H and O–H groups in total. The van der Waals surface area contributed by atoms with Gasteiger partial charge < -0.3 is 4.90 Å². The van der Waals surface area contributed by atoms with E-state index in [1.807, 2.05) is 44.1 Å². The van der Waals surface area contributed by atoms with Gasteiger partial charge in [-0.25, -0.2) is 4.98 Å². The van der Waals surface area contributed by atoms with E-state index in [0.717, 1.165) is 15.8 Å². The van der Waals surface area contributed by atoms with Crippen molar-refractivity contribution in [2.75, 3.05) is 32.1 Å². The molecule has 7 nitrogen and oxygen atoms in total. The molecule has 3 rings (SSSR count). The first-order chi connectivity index (χ1) is 13.3. The molecule has 1 amide bonds. The van der Waals surface area contributed by atoms with Gasteiger partial charge >= 0.3 is 0 Å². The van der Waals surface area contributed by atoms with Crippen LogP contribution in [0.3, 0.4) is 0 Å². The maximum absolute atomic E-state index is 13.3. The summed E-state index contributed by atoms with van der Waals surface area (Å²) in [5.41, 5.74) is 1.77. The van der Waals surface area contributed by atoms with Crippen molar-refractivity contribution in [2.45, 2.75) is 6.92 Å². The van der Waals surface area contributed by atoms with Crippen LogP contribution < -0.4 is 4.90 Å². The number of nitro groups is 1. The molecule has 0 saturated heterocycles. The highest BCUT2D eigenvalue weighted by Gasteiger charge is 2.25. The van der Waals surface area contributed by atoms with Gasteiger partial charge in [-0.2, -0.15) is 0 Å². The zero-order valence-electron chi connectivity index (χ0n) is 16.1. The molecule has 0 saturated carbocycles. The topological polar surface area (TPSA) is 79.6 Å². The number of nitrogens with zero attached hydrogens (tertiary/aromatic N) is 4. The number of nitro benzene ring substituents is 1. The Bertz CT molecular complexity index is 1060. The van der Waals surface area contributed by atoms with Gasteiger partial charge in [-0.05, 0) is 38.7 Å². The average molecular weight is 455 g/mol. The number of anilines is 1. The summed E-state index contributed by atoms with van der Waals surface area (Å²) in [5.74, 6) is -0.410. The Labute approximate surface area is 183 Å². The first kappa shape index (κ1) is 23.0. The highest BCUT2D eigenvalue weighted by molar-refractivity contribution is 7.22. The second-order valence-corrected chi connectivity index (χ2v) is 8.02. The van der Waals surface area contributed by atoms with E-state index in [1.165, 1.54) is 34.4 Å². The normalized spacial score (nSPS) is 10.8. The Morgan fingerprint density at radius 3 is 2.59 bits per heavy atom. The maximum atomic E-state index is 13.3. The van der Waals surface area contributed by atoms with Gasteiger partial charge in [0.05, 0.1) is 25.7 Å². The van der Waals surface area contributed by atoms with Crippen LogP contribution in [-0.4, -0.2) is 47.9 Å². The minimum absolute atomic E-state index is 0. The third-order valence-electron chi connectivity index (χ3n) is 4.25. The summed E-state index contributed by atoms with van der Waals surface area (Å²) >= 11 is 7.61. The van der Waals surface area contributed by atoms with Gasteiger partial charge in [-0.1, -0.05) is 35.1 Å². The molecule has 0 fully saturated rings. The van der Waals surface area contributed by atoms with Crippen molar-refractivity contribution in [3.05, 3.63) is 62.7 Å². The summed E-state index contributed by atoms with van der Waals surface area (Å²) in [4.78, 5) is 32.0. The minimum Gasteiger partial charge on any atom is -0.308 e. The van der Waals surface area contributed by atoms with Crippen molar-refractivity contribution in [3.63, 3.8) is 0 Å². The lowest BCUT2D eigenvalue weighted by Gasteiger charge is -2.22. The molecular formula is C19H20Cl2N4O3S. The first-order valence-corrected chi connectivity index (χ1v) is 9.74. The maximum Gasteiger partial charge on any atom is 0.270 e. The molecule has 10 heteroatoms. The quantitative estimate of drug-likeness (QED) is 0.394. The Morgan fingerprint density at radius 1 is 1.24 bits per heavy atom. The number of carbonyl (C=O) groups excluding carboxylic acids is 1. The lowest BCUT2D eigenvalue weighted by atomic mass is 10.1. The van der Waals surface area contributed by atoms with Crippen LogP contribution >= 0.6 is 35.3 Å². The summed E-state index contributed by atoms with van der Waals surface area (Å²) in [7, 11) is 3.82. The van der Waals surface area contributed by atoms with E-state index in [-0.39, 0.29) is 28.7 Å². The molecule has 0 radical (unpaired) electrons. The van der Waals surface area contributed by atoms with Crippen LogP contribution in [0.2, 0.25) is 5.02 Å². The average Bonchev–Trinajstić information content (AvgIpc) is 3.07. The summed E-state index contributed by atoms with van der Waals surface area (Å²) in [6.07, 6.45) is 0. The molecule has 29 heavy (non-hydrogen) atoms. The van der Waals surface area contributed by atoms with Gasteiger partial charge in [0.15, 0.2) is 5.13 Å². The predicted octanol–water partition coefficient (Wildman–Crippen LogP) is 4.80. The number of para-hydroxylation sites is 1. The van der Waals surface area contributed by atoms with E-state index in [4.69, 9.17) is 11.6 Å². The Hall–Kier alpha value is -2.26. The van der Waals surface area contributed by atoms with Gasteiger partial charge in [-0.3, -0.25) is 19.8 Å². The number of fused-ring (bicyclic) bond motifs is 1. The lowest BCUT2D eigenvalue weighted by molar-refractivity contribution is -0.384. The van der Waals surface area contributed by atoms with Crippen LogP contribution in [-0.2, 0) is 0 Å². The SMILES string of the molecule is Cc1cccc2sc(N(CCN(C)C)C(=O)c3cc([N+](=O)[O-])ccc3Cl)nc12.Cl. The van der Waals surface area contributed by atoms with Crippen LogP contribution in [0.4, 0.5) is 10.8 Å². The molecule has 0 aliphatic heterocycles. The molecule has 0 bridgehead atoms. The van der Waals surface area contributed by atoms with Crippen molar-refractivity contribution in [3.8, 4) is 0 Å². The molecule has 0 aliphatic rings. The molecule has 2 aromatic carbocycles. The minimum atomic E-state index is -0.543. The number of amides is 1. The van der Waals surface area contributed by atoms with E-state index in [2.05, 4.69) is 4.98 Å². The molecule has 1 heterocycles. The Morgan fingerprint density at radius 2 is 1.97 bits per heavy atom. The van der Waals surface area contributed by atoms with Crippen molar-refractivity contribution in [1.29, 1.82) is 0 Å². The van der Waals surface area contributed by atoms with Crippen molar-refractivity contribution in [2.24, 2.45) is 0 Å². The number of carbonyl (C=O) groups is 1. The fourth-order valence-corrected chi connectivity index (χ4v) is 3.98. The number of rotatable bonds is 6. The zero-order chi connectivity index (χ0) is 20.4. The van der Waals surface area contributed by atoms with Crippen LogP contribution in [0.15, 0.2) is 36.4 Å². The van der Waals surface area contributed by atoms with Crippen molar-refractivity contribution in [1.82, 2.24) is 9.88 Å². The number of non-ortho nitro benzene ring substituents is 1. The van der Waals surface area contributed by atoms with E-state index in [0.29, 0.717) is 18.2 Å². The van der Waals surface area contributed by atoms with Crippen LogP contribution in [0.5, 0.6) is 0 Å². The number of likely N-dealkylation sites (N-methyl/N-ethyl adjacent to an activating group) is 1. The van der Waals surface area contributed by atoms with Gasteiger partial charge in [0, 0.05) is 25.2 Å². The van der Waals surface area contributed by atoms with Crippen molar-refractivity contribution >= 4 is 62.3 Å². The predicted molar refractivity (Wildman–Crippen MR) is 120 cm³/mol. The number of benzene rings is 2. The molecule has 0 unspecified atom stereocenters. The van der Waals surface area contributed by atoms with Crippen LogP contribution in [0.1, 0.15) is 15.9 Å². The van der Waals surface area contributed by atoms with Gasteiger partial charge in [0.2, 0.25) is 0 Å². The third kappa shape index (κ3) is 5.02. The van der Waals surface area contributed by atoms with Crippen LogP contribution in [0, 0.1) is 17.0 Å². The number of halogens is 2. The highest BCUT2D eigenvalue weighted by Crippen LogP contribution is 2.32. The lowest BCUT2D eigenvalue weighted by Crippen LogP contribution is -2.37. The van der Waals surface area contributed by atoms with Crippen LogP contribution in [0.25, 0.3) is 10.2 Å². The second kappa shape index (κ2) is 9.49. The van der Waals surface area contributed by atoms with Gasteiger partial charge in [0.25, 0.3) is 11.6 Å². The standard InChI is InChI=1S/C19H19ClN4O3S.ClH/c1-12-5-4-6-16-17(12)21-19(28-16)23(10-9-22(2)3)18(25)14-11-13(24(26)27)7-8-15(14)20;/h4-8,11H,9-10H2,1-3H3;1H. The summed E-state index contributed by atoms with van der Waals surface area (Å²) in [6.45, 7) is 2.95. The van der Waals surface area contributed by atoms with E-state index >= 15 is 0 Å². The molecule has 1 aromatic heterocycles. The van der Waals surface area contributed by atoms with E-state index in [9.17, 15) is 14.9 Å². The van der Waals surface area contributed by atoms with Gasteiger partial charge in [-0.15, -0.1) is 12.4 Å². The molecule has 0 atom stereocenters. The molecule has 3 aromatic rings. The first-order valence-electron chi connectivity index (χ1n) is 8.54. The number of hydrogen-bond donors (Lipinski definition) is 0. The number of aromatic nitrogens is 1. The Balaban J connectivity index is 0.00000300. The number of thiazole rings is 1. The fraction of sp³-hybridized carbons (Fsp3) is 0.263. The van der Waals surface area contributed by atoms with E-state index < -0.39 is 10.8 Å². The largest absolute Gasteiger partial charge is 0.308 e. The second-order valence-electron chi connectivity index (χ2n) is 6.60. The zero-order valence-corrected chi connectivity index (χ0v) is 18.5. The smallest absolute Gasteiger partial charge is 0.270 e. The summed E-state index contributed by atoms with van der Waals surface area (Å²) in [6, 6.07) is 9.74. The monoisotopic (exact) mass is 454 g/mol. The molecule has 0 spiro atoms. The molecular weight excluding hydrogens is 435 g/mol. The molecule has 0 aliphatic carbocycles. The number of aryl methyl sites for hydroxylation is 1. The van der Waals surface area contributed by atoms with E-state index in [1.54, 1.807) is 0 Å². The fourth-order valence-electron chi connectivity index (χ4n) is 2.71. The third-order valence-corrected chi connectivity index (χ3v) is 5.62. The summed E-state index contributed by atoms with van der Waals surface area (Å²) in [5, 5.41) is 11.8. The highest BCUT2D eigenvalue weighted by atomic mass is 35.5. The van der Waals surface area contributed by atoms with Gasteiger partial charge in [0.1, 0.15) is 0 Å². The number of hydrogen-bond acceptors (Lipinski definition) is 6.